The van der Waals surface area contributed by atoms with E-state index in [4.69, 9.17) is 14.2 Å². The van der Waals surface area contributed by atoms with E-state index in [1.165, 1.54) is 13.0 Å². The second-order valence-electron chi connectivity index (χ2n) is 14.8. The minimum absolute atomic E-state index is 0.0111. The summed E-state index contributed by atoms with van der Waals surface area (Å²) in [4.78, 5) is 40.8. The number of aromatic hydroxyl groups is 1. The van der Waals surface area contributed by atoms with Crippen molar-refractivity contribution in [2.24, 2.45) is 11.8 Å². The molecule has 2 fully saturated rings. The molecule has 3 heterocycles. The standard InChI is InChI=1S/C38H44O9/c1-19(2)9-10-24-31-23(12-14-36(8,45-31)15-13-26(39)20(3)4)29(40)28-30(41)25-17-22-18-27-35(6,7)47-37(33(22)42,16-11-21(5)34(43)44)38(25,27)46-32(24)28/h9,11-12,14,17,22,26-27,39-40H,3,10,13,15-16,18H2,1-2,4-8H3,(H,43,44)/b21-11-/t22-,26?,27?,36+,37+,38-/m1/s1. The number of aliphatic hydroxyl groups is 1. The Morgan fingerprint density at radius 2 is 1.81 bits per heavy atom. The van der Waals surface area contributed by atoms with Crippen molar-refractivity contribution >= 4 is 23.6 Å². The maximum Gasteiger partial charge on any atom is 0.330 e. The summed E-state index contributed by atoms with van der Waals surface area (Å²) < 4.78 is 20.5. The van der Waals surface area contributed by atoms with Crippen LogP contribution in [0.3, 0.4) is 0 Å². The molecule has 0 aromatic heterocycles. The Bertz CT molecular complexity index is 1750. The van der Waals surface area contributed by atoms with Crippen molar-refractivity contribution in [3.05, 3.63) is 69.9 Å². The van der Waals surface area contributed by atoms with E-state index in [2.05, 4.69) is 6.58 Å². The Balaban J connectivity index is 1.57. The lowest BCUT2D eigenvalue weighted by atomic mass is 9.51. The second-order valence-corrected chi connectivity index (χ2v) is 14.8. The van der Waals surface area contributed by atoms with Gasteiger partial charge in [-0.05, 0) is 86.3 Å². The maximum absolute atomic E-state index is 14.7. The fourth-order valence-electron chi connectivity index (χ4n) is 8.19. The van der Waals surface area contributed by atoms with Crippen molar-refractivity contribution in [3.63, 3.8) is 0 Å². The van der Waals surface area contributed by atoms with Crippen molar-refractivity contribution in [2.45, 2.75) is 109 Å². The number of carbonyl (C=O) groups is 3. The first-order valence-corrected chi connectivity index (χ1v) is 16.3. The Morgan fingerprint density at radius 1 is 1.11 bits per heavy atom. The third kappa shape index (κ3) is 4.68. The molecule has 6 aliphatic rings. The van der Waals surface area contributed by atoms with Gasteiger partial charge in [-0.25, -0.2) is 4.79 Å². The van der Waals surface area contributed by atoms with Crippen LogP contribution >= 0.6 is 0 Å². The number of phenolic OH excluding ortho intramolecular Hbond substituents is 1. The lowest BCUT2D eigenvalue weighted by Gasteiger charge is -2.56. The van der Waals surface area contributed by atoms with E-state index in [1.807, 2.05) is 46.8 Å². The predicted molar refractivity (Wildman–Crippen MR) is 176 cm³/mol. The average Bonchev–Trinajstić information content (AvgIpc) is 3.15. The van der Waals surface area contributed by atoms with Crippen molar-refractivity contribution in [1.82, 2.24) is 0 Å². The summed E-state index contributed by atoms with van der Waals surface area (Å²) >= 11 is 0. The van der Waals surface area contributed by atoms with E-state index < -0.39 is 52.1 Å². The molecule has 9 nitrogen and oxygen atoms in total. The minimum Gasteiger partial charge on any atom is -0.506 e. The van der Waals surface area contributed by atoms with E-state index in [0.29, 0.717) is 48.1 Å². The molecule has 3 aliphatic heterocycles. The van der Waals surface area contributed by atoms with Gasteiger partial charge in [0.25, 0.3) is 0 Å². The topological polar surface area (TPSA) is 140 Å². The van der Waals surface area contributed by atoms with Gasteiger partial charge >= 0.3 is 5.97 Å². The van der Waals surface area contributed by atoms with Crippen LogP contribution in [0.5, 0.6) is 17.2 Å². The summed E-state index contributed by atoms with van der Waals surface area (Å²) in [5.41, 5.74) is -2.06. The molecule has 47 heavy (non-hydrogen) atoms. The molecule has 1 spiro atoms. The van der Waals surface area contributed by atoms with Crippen molar-refractivity contribution in [3.8, 4) is 17.2 Å². The van der Waals surface area contributed by atoms with Crippen molar-refractivity contribution < 1.29 is 43.9 Å². The number of Topliss-reactive ketones (excluding diaryl/α,β-unsaturated/α-hetero) is 2. The van der Waals surface area contributed by atoms with E-state index in [0.717, 1.165) is 5.57 Å². The fourth-order valence-corrected chi connectivity index (χ4v) is 8.19. The molecular formula is C38H44O9. The zero-order chi connectivity index (χ0) is 34.4. The molecule has 3 N–H and O–H groups in total. The van der Waals surface area contributed by atoms with Gasteiger partial charge in [0, 0.05) is 35.0 Å². The molecular weight excluding hydrogens is 600 g/mol. The van der Waals surface area contributed by atoms with Crippen LogP contribution in [0.4, 0.5) is 0 Å². The number of benzene rings is 1. The molecule has 9 heteroatoms. The highest BCUT2D eigenvalue weighted by atomic mass is 16.6. The van der Waals surface area contributed by atoms with Gasteiger partial charge in [0.05, 0.1) is 17.3 Å². The van der Waals surface area contributed by atoms with Crippen LogP contribution in [0.1, 0.15) is 95.6 Å². The van der Waals surface area contributed by atoms with Gasteiger partial charge in [-0.1, -0.05) is 36.0 Å². The lowest BCUT2D eigenvalue weighted by molar-refractivity contribution is -0.171. The number of carbonyl (C=O) groups excluding carboxylic acids is 2. The van der Waals surface area contributed by atoms with Gasteiger partial charge in [0.15, 0.2) is 22.8 Å². The lowest BCUT2D eigenvalue weighted by Crippen LogP contribution is -2.72. The quantitative estimate of drug-likeness (QED) is 0.211. The Morgan fingerprint density at radius 3 is 2.45 bits per heavy atom. The zero-order valence-corrected chi connectivity index (χ0v) is 28.2. The molecule has 1 saturated carbocycles. The number of hydrogen-bond acceptors (Lipinski definition) is 8. The zero-order valence-electron chi connectivity index (χ0n) is 28.2. The van der Waals surface area contributed by atoms with E-state index in [9.17, 15) is 29.7 Å². The summed E-state index contributed by atoms with van der Waals surface area (Å²) in [5, 5.41) is 31.9. The minimum atomic E-state index is -1.66. The van der Waals surface area contributed by atoms with Gasteiger partial charge < -0.3 is 29.5 Å². The highest BCUT2D eigenvalue weighted by molar-refractivity contribution is 6.19. The largest absolute Gasteiger partial charge is 0.506 e. The molecule has 1 aromatic rings. The molecule has 4 bridgehead atoms. The Kier molecular flexibility index (Phi) is 7.57. The van der Waals surface area contributed by atoms with E-state index in [-0.39, 0.29) is 40.4 Å². The number of aliphatic carboxylic acids is 1. The van der Waals surface area contributed by atoms with E-state index >= 15 is 0 Å². The van der Waals surface area contributed by atoms with Crippen LogP contribution < -0.4 is 9.47 Å². The molecule has 6 atom stereocenters. The molecule has 1 aromatic carbocycles. The van der Waals surface area contributed by atoms with Crippen LogP contribution in [-0.4, -0.2) is 61.4 Å². The molecule has 0 amide bonds. The summed E-state index contributed by atoms with van der Waals surface area (Å²) in [5.74, 6) is -2.60. The van der Waals surface area contributed by atoms with Crippen LogP contribution in [0.15, 0.2) is 53.2 Å². The van der Waals surface area contributed by atoms with Crippen molar-refractivity contribution in [1.29, 1.82) is 0 Å². The van der Waals surface area contributed by atoms with Crippen LogP contribution in [0, 0.1) is 11.8 Å². The van der Waals surface area contributed by atoms with Crippen molar-refractivity contribution in [2.75, 3.05) is 0 Å². The first-order chi connectivity index (χ1) is 21.9. The number of carboxylic acid groups (broad SMARTS) is 1. The number of aliphatic hydroxyl groups excluding tert-OH is 1. The van der Waals surface area contributed by atoms with Gasteiger partial charge in [-0.2, -0.15) is 0 Å². The number of ketones is 2. The molecule has 7 rings (SSSR count). The number of fused-ring (bicyclic) bond motifs is 2. The Labute approximate surface area is 275 Å². The summed E-state index contributed by atoms with van der Waals surface area (Å²) in [6, 6.07) is 0. The monoisotopic (exact) mass is 644 g/mol. The first-order valence-electron chi connectivity index (χ1n) is 16.3. The van der Waals surface area contributed by atoms with Gasteiger partial charge in [-0.15, -0.1) is 0 Å². The predicted octanol–water partition coefficient (Wildman–Crippen LogP) is 6.21. The highest BCUT2D eigenvalue weighted by Crippen LogP contribution is 2.68. The number of phenols is 1. The first kappa shape index (κ1) is 33.0. The number of carboxylic acids is 1. The van der Waals surface area contributed by atoms with Gasteiger partial charge in [0.1, 0.15) is 28.4 Å². The highest BCUT2D eigenvalue weighted by Gasteiger charge is 2.81. The summed E-state index contributed by atoms with van der Waals surface area (Å²) in [7, 11) is 0. The number of allylic oxidation sites excluding steroid dienone is 3. The van der Waals surface area contributed by atoms with Gasteiger partial charge in [0.2, 0.25) is 0 Å². The van der Waals surface area contributed by atoms with Crippen LogP contribution in [0.25, 0.3) is 6.08 Å². The number of rotatable bonds is 9. The molecule has 250 valence electrons. The van der Waals surface area contributed by atoms with Gasteiger partial charge in [-0.3, -0.25) is 9.59 Å². The number of hydrogen-bond donors (Lipinski definition) is 3. The maximum atomic E-state index is 14.7. The average molecular weight is 645 g/mol. The third-order valence-corrected chi connectivity index (χ3v) is 10.8. The van der Waals surface area contributed by atoms with Crippen LogP contribution in [0.2, 0.25) is 0 Å². The molecule has 1 saturated heterocycles. The molecule has 0 radical (unpaired) electrons. The van der Waals surface area contributed by atoms with E-state index in [1.54, 1.807) is 19.1 Å². The smallest absolute Gasteiger partial charge is 0.330 e. The molecule has 3 aliphatic carbocycles. The Hall–Kier alpha value is -3.95. The normalized spacial score (nSPS) is 31.6. The summed E-state index contributed by atoms with van der Waals surface area (Å²) in [6.45, 7) is 16.6. The summed E-state index contributed by atoms with van der Waals surface area (Å²) in [6.07, 6.45) is 9.49. The molecule has 2 unspecified atom stereocenters. The number of ether oxygens (including phenoxy) is 3. The second kappa shape index (κ2) is 10.8. The SMILES string of the molecule is C=C(C)C(O)CC[C@]1(C)C=Cc2c(O)c3c(c(CC=C(C)C)c2O1)O[C@]12C(=C[C@@H]4CC1C(C)(C)O[C@@]2(C/C=C(/C)C(=O)O)C4=O)C3=O. The van der Waals surface area contributed by atoms with Crippen LogP contribution in [-0.2, 0) is 20.7 Å². The third-order valence-electron chi connectivity index (χ3n) is 10.8. The fraction of sp³-hybridized carbons (Fsp3) is 0.500.